The van der Waals surface area contributed by atoms with Gasteiger partial charge < -0.3 is 13.9 Å². The molecule has 0 amide bonds. The summed E-state index contributed by atoms with van der Waals surface area (Å²) in [5.41, 5.74) is 6.66. The zero-order chi connectivity index (χ0) is 24.1. The SMILES string of the molecule is COc1ccc(C(=O)c2oc3ccc(Br)cc3c2-c2cnc3c(c2)COc2ccc(C)cc2-3)cc1. The van der Waals surface area contributed by atoms with Crippen molar-refractivity contribution in [3.8, 4) is 33.9 Å². The summed E-state index contributed by atoms with van der Waals surface area (Å²) < 4.78 is 18.3. The summed E-state index contributed by atoms with van der Waals surface area (Å²) in [6.07, 6.45) is 1.81. The van der Waals surface area contributed by atoms with Crippen LogP contribution in [-0.2, 0) is 6.61 Å². The van der Waals surface area contributed by atoms with Gasteiger partial charge in [0.1, 0.15) is 23.7 Å². The fraction of sp³-hybridized carbons (Fsp3) is 0.103. The van der Waals surface area contributed by atoms with Crippen molar-refractivity contribution in [2.24, 2.45) is 0 Å². The summed E-state index contributed by atoms with van der Waals surface area (Å²) in [4.78, 5) is 18.4. The molecule has 0 N–H and O–H groups in total. The van der Waals surface area contributed by atoms with Crippen LogP contribution < -0.4 is 9.47 Å². The van der Waals surface area contributed by atoms with Crippen molar-refractivity contribution < 1.29 is 18.7 Å². The van der Waals surface area contributed by atoms with Crippen molar-refractivity contribution >= 4 is 32.7 Å². The standard InChI is InChI=1S/C29H20BrNO4/c1-16-3-9-24-23(11-16)27-19(15-34-24)12-18(14-31-27)26-22-13-20(30)6-10-25(22)35-29(26)28(32)17-4-7-21(33-2)8-5-17/h3-14H,15H2,1-2H3. The summed E-state index contributed by atoms with van der Waals surface area (Å²) in [7, 11) is 1.60. The fourth-order valence-corrected chi connectivity index (χ4v) is 4.86. The lowest BCUT2D eigenvalue weighted by molar-refractivity contribution is 0.101. The van der Waals surface area contributed by atoms with Gasteiger partial charge in [-0.1, -0.05) is 27.6 Å². The van der Waals surface area contributed by atoms with E-state index in [1.165, 1.54) is 0 Å². The lowest BCUT2D eigenvalue weighted by Crippen LogP contribution is -2.08. The molecule has 1 aliphatic rings. The maximum Gasteiger partial charge on any atom is 0.228 e. The highest BCUT2D eigenvalue weighted by Gasteiger charge is 2.26. The Morgan fingerprint density at radius 3 is 2.66 bits per heavy atom. The van der Waals surface area contributed by atoms with Crippen LogP contribution in [0.1, 0.15) is 27.2 Å². The van der Waals surface area contributed by atoms with E-state index in [-0.39, 0.29) is 11.5 Å². The molecule has 0 bridgehead atoms. The number of ether oxygens (including phenoxy) is 2. The molecule has 5 aromatic rings. The second-order valence-electron chi connectivity index (χ2n) is 8.52. The molecule has 1 aliphatic heterocycles. The van der Waals surface area contributed by atoms with Crippen LogP contribution in [-0.4, -0.2) is 17.9 Å². The lowest BCUT2D eigenvalue weighted by Gasteiger charge is -2.21. The van der Waals surface area contributed by atoms with E-state index in [9.17, 15) is 4.79 Å². The van der Waals surface area contributed by atoms with Gasteiger partial charge in [-0.2, -0.15) is 0 Å². The minimum Gasteiger partial charge on any atom is -0.497 e. The van der Waals surface area contributed by atoms with Gasteiger partial charge in [-0.25, -0.2) is 0 Å². The molecule has 0 aliphatic carbocycles. The Hall–Kier alpha value is -3.90. The van der Waals surface area contributed by atoms with Crippen molar-refractivity contribution in [2.75, 3.05) is 7.11 Å². The summed E-state index contributed by atoms with van der Waals surface area (Å²) >= 11 is 3.55. The number of pyridine rings is 1. The fourth-order valence-electron chi connectivity index (χ4n) is 4.50. The Morgan fingerprint density at radius 1 is 1.03 bits per heavy atom. The van der Waals surface area contributed by atoms with E-state index in [2.05, 4.69) is 28.9 Å². The maximum atomic E-state index is 13.6. The number of ketones is 1. The number of carbonyl (C=O) groups is 1. The molecule has 5 nitrogen and oxygen atoms in total. The third kappa shape index (κ3) is 3.70. The topological polar surface area (TPSA) is 61.6 Å². The van der Waals surface area contributed by atoms with Crippen LogP contribution in [0, 0.1) is 6.92 Å². The van der Waals surface area contributed by atoms with Gasteiger partial charge >= 0.3 is 0 Å². The predicted molar refractivity (Wildman–Crippen MR) is 138 cm³/mol. The Bertz CT molecular complexity index is 1620. The van der Waals surface area contributed by atoms with Gasteiger partial charge in [0.15, 0.2) is 5.76 Å². The van der Waals surface area contributed by atoms with Crippen molar-refractivity contribution in [1.29, 1.82) is 0 Å². The second kappa shape index (κ2) is 8.40. The highest BCUT2D eigenvalue weighted by atomic mass is 79.9. The highest BCUT2D eigenvalue weighted by molar-refractivity contribution is 9.10. The number of benzene rings is 3. The highest BCUT2D eigenvalue weighted by Crippen LogP contribution is 2.41. The summed E-state index contributed by atoms with van der Waals surface area (Å²) in [6.45, 7) is 2.46. The monoisotopic (exact) mass is 525 g/mol. The molecular weight excluding hydrogens is 506 g/mol. The molecule has 0 fully saturated rings. The van der Waals surface area contributed by atoms with E-state index in [4.69, 9.17) is 18.9 Å². The number of hydrogen-bond donors (Lipinski definition) is 0. The van der Waals surface area contributed by atoms with Gasteiger partial charge in [-0.15, -0.1) is 0 Å². The van der Waals surface area contributed by atoms with E-state index < -0.39 is 0 Å². The van der Waals surface area contributed by atoms with E-state index in [0.717, 1.165) is 43.6 Å². The Kier molecular flexibility index (Phi) is 5.19. The molecule has 0 saturated heterocycles. The molecule has 0 unspecified atom stereocenters. The second-order valence-corrected chi connectivity index (χ2v) is 9.44. The van der Waals surface area contributed by atoms with Crippen LogP contribution >= 0.6 is 15.9 Å². The van der Waals surface area contributed by atoms with Crippen LogP contribution in [0.2, 0.25) is 0 Å². The Morgan fingerprint density at radius 2 is 1.86 bits per heavy atom. The smallest absolute Gasteiger partial charge is 0.228 e. The first-order valence-electron chi connectivity index (χ1n) is 11.2. The molecule has 6 heteroatoms. The molecule has 6 rings (SSSR count). The largest absolute Gasteiger partial charge is 0.497 e. The molecular formula is C29H20BrNO4. The van der Waals surface area contributed by atoms with Gasteiger partial charge in [0.25, 0.3) is 0 Å². The average Bonchev–Trinajstić information content (AvgIpc) is 3.26. The first-order chi connectivity index (χ1) is 17.0. The van der Waals surface area contributed by atoms with Crippen molar-refractivity contribution in [1.82, 2.24) is 4.98 Å². The quantitative estimate of drug-likeness (QED) is 0.229. The number of nitrogens with zero attached hydrogens (tertiary/aromatic N) is 1. The lowest BCUT2D eigenvalue weighted by atomic mass is 9.95. The van der Waals surface area contributed by atoms with E-state index in [1.54, 1.807) is 31.4 Å². The number of furan rings is 1. The minimum absolute atomic E-state index is 0.204. The van der Waals surface area contributed by atoms with Gasteiger partial charge in [0.05, 0.1) is 12.8 Å². The summed E-state index contributed by atoms with van der Waals surface area (Å²) in [5, 5.41) is 0.839. The maximum absolute atomic E-state index is 13.6. The zero-order valence-corrected chi connectivity index (χ0v) is 20.7. The van der Waals surface area contributed by atoms with Crippen LogP contribution in [0.5, 0.6) is 11.5 Å². The molecule has 3 heterocycles. The third-order valence-corrected chi connectivity index (χ3v) is 6.73. The number of aryl methyl sites for hydroxylation is 1. The summed E-state index contributed by atoms with van der Waals surface area (Å²) in [6, 6.07) is 20.9. The number of aromatic nitrogens is 1. The number of methoxy groups -OCH3 is 1. The van der Waals surface area contributed by atoms with Crippen LogP contribution in [0.25, 0.3) is 33.4 Å². The molecule has 35 heavy (non-hydrogen) atoms. The van der Waals surface area contributed by atoms with Crippen molar-refractivity contribution in [3.05, 3.63) is 99.9 Å². The van der Waals surface area contributed by atoms with Crippen LogP contribution in [0.4, 0.5) is 0 Å². The van der Waals surface area contributed by atoms with Crippen molar-refractivity contribution in [2.45, 2.75) is 13.5 Å². The Balaban J connectivity index is 1.52. The number of rotatable bonds is 4. The molecule has 3 aromatic carbocycles. The van der Waals surface area contributed by atoms with E-state index >= 15 is 0 Å². The first-order valence-corrected chi connectivity index (χ1v) is 11.9. The van der Waals surface area contributed by atoms with Gasteiger partial charge in [0, 0.05) is 43.9 Å². The Labute approximate surface area is 210 Å². The minimum atomic E-state index is -0.204. The molecule has 0 spiro atoms. The van der Waals surface area contributed by atoms with Crippen molar-refractivity contribution in [3.63, 3.8) is 0 Å². The normalized spacial score (nSPS) is 12.1. The third-order valence-electron chi connectivity index (χ3n) is 6.24. The first kappa shape index (κ1) is 21.6. The van der Waals surface area contributed by atoms with Crippen LogP contribution in [0.3, 0.4) is 0 Å². The predicted octanol–water partition coefficient (Wildman–Crippen LogP) is 7.36. The number of carbonyl (C=O) groups excluding carboxylic acids is 1. The zero-order valence-electron chi connectivity index (χ0n) is 19.1. The molecule has 0 atom stereocenters. The number of fused-ring (bicyclic) bond motifs is 4. The number of hydrogen-bond acceptors (Lipinski definition) is 5. The van der Waals surface area contributed by atoms with Gasteiger partial charge in [0.2, 0.25) is 5.78 Å². The average molecular weight is 526 g/mol. The molecule has 0 radical (unpaired) electrons. The van der Waals surface area contributed by atoms with Gasteiger partial charge in [-0.05, 0) is 67.6 Å². The number of halogens is 1. The molecule has 172 valence electrons. The molecule has 0 saturated carbocycles. The molecule has 2 aromatic heterocycles. The van der Waals surface area contributed by atoms with Gasteiger partial charge in [-0.3, -0.25) is 9.78 Å². The van der Waals surface area contributed by atoms with E-state index in [0.29, 0.717) is 29.1 Å². The van der Waals surface area contributed by atoms with Crippen LogP contribution in [0.15, 0.2) is 81.8 Å². The summed E-state index contributed by atoms with van der Waals surface area (Å²) in [5.74, 6) is 1.59. The van der Waals surface area contributed by atoms with E-state index in [1.807, 2.05) is 42.6 Å².